The van der Waals surface area contributed by atoms with E-state index in [1.54, 1.807) is 0 Å². The molecule has 130 valence electrons. The zero-order valence-corrected chi connectivity index (χ0v) is 15.9. The van der Waals surface area contributed by atoms with Crippen molar-refractivity contribution >= 4 is 72.3 Å². The predicted molar refractivity (Wildman–Crippen MR) is 123 cm³/mol. The van der Waals surface area contributed by atoms with E-state index < -0.39 is 0 Å². The van der Waals surface area contributed by atoms with Crippen molar-refractivity contribution in [3.63, 3.8) is 0 Å². The van der Waals surface area contributed by atoms with Crippen LogP contribution in [0.4, 0.5) is 0 Å². The van der Waals surface area contributed by atoms with Gasteiger partial charge in [0.25, 0.3) is 0 Å². The van der Waals surface area contributed by atoms with E-state index >= 15 is 0 Å². The van der Waals surface area contributed by atoms with E-state index in [1.807, 2.05) is 0 Å². The van der Waals surface area contributed by atoms with Crippen LogP contribution in [0.1, 0.15) is 0 Å². The van der Waals surface area contributed by atoms with E-state index in [2.05, 4.69) is 89.3 Å². The SMILES string of the molecule is Sc1cc2c3cc4ccccc4cc3n3c4cc5ccccc5cc4c(c1)c23. The van der Waals surface area contributed by atoms with Gasteiger partial charge in [-0.2, -0.15) is 0 Å². The van der Waals surface area contributed by atoms with Gasteiger partial charge in [-0.1, -0.05) is 48.5 Å². The van der Waals surface area contributed by atoms with Gasteiger partial charge in [0.2, 0.25) is 0 Å². The maximum Gasteiger partial charge on any atom is 0.0621 e. The second kappa shape index (κ2) is 4.98. The Morgan fingerprint density at radius 1 is 0.500 bits per heavy atom. The molecule has 7 aromatic rings. The van der Waals surface area contributed by atoms with Gasteiger partial charge in [0.1, 0.15) is 0 Å². The molecule has 0 radical (unpaired) electrons. The highest BCUT2D eigenvalue weighted by atomic mass is 32.1. The van der Waals surface area contributed by atoms with Crippen LogP contribution in [-0.4, -0.2) is 4.40 Å². The molecule has 0 fully saturated rings. The zero-order chi connectivity index (χ0) is 18.4. The summed E-state index contributed by atoms with van der Waals surface area (Å²) in [5.74, 6) is 0. The van der Waals surface area contributed by atoms with Crippen molar-refractivity contribution in [1.29, 1.82) is 0 Å². The average Bonchev–Trinajstić information content (AvgIpc) is 3.20. The van der Waals surface area contributed by atoms with Crippen molar-refractivity contribution in [3.8, 4) is 0 Å². The molecule has 0 unspecified atom stereocenters. The first-order valence-corrected chi connectivity index (χ1v) is 9.96. The Balaban J connectivity index is 1.84. The summed E-state index contributed by atoms with van der Waals surface area (Å²) in [5, 5.41) is 10.3. The lowest BCUT2D eigenvalue weighted by Gasteiger charge is -2.03. The van der Waals surface area contributed by atoms with Crippen molar-refractivity contribution in [3.05, 3.63) is 84.9 Å². The number of aromatic nitrogens is 1. The Labute approximate surface area is 166 Å². The Bertz CT molecular complexity index is 1600. The maximum atomic E-state index is 4.74. The summed E-state index contributed by atoms with van der Waals surface area (Å²) < 4.78 is 2.45. The van der Waals surface area contributed by atoms with Gasteiger partial charge >= 0.3 is 0 Å². The van der Waals surface area contributed by atoms with Crippen LogP contribution in [0.3, 0.4) is 0 Å². The fraction of sp³-hybridized carbons (Fsp3) is 0. The molecule has 2 heteroatoms. The molecule has 2 heterocycles. The lowest BCUT2D eigenvalue weighted by atomic mass is 10.0. The fourth-order valence-electron chi connectivity index (χ4n) is 4.90. The Morgan fingerprint density at radius 2 is 0.929 bits per heavy atom. The summed E-state index contributed by atoms with van der Waals surface area (Å²) in [6.45, 7) is 0. The first kappa shape index (κ1) is 14.8. The molecule has 1 nitrogen and oxygen atoms in total. The maximum absolute atomic E-state index is 4.74. The van der Waals surface area contributed by atoms with Gasteiger partial charge in [-0.05, 0) is 57.9 Å². The number of thiol groups is 1. The van der Waals surface area contributed by atoms with Crippen LogP contribution in [0, 0.1) is 0 Å². The minimum atomic E-state index is 1.01. The second-order valence-corrected chi connectivity index (χ2v) is 8.17. The topological polar surface area (TPSA) is 4.41 Å². The van der Waals surface area contributed by atoms with Gasteiger partial charge in [0.05, 0.1) is 16.6 Å². The van der Waals surface area contributed by atoms with Crippen molar-refractivity contribution < 1.29 is 0 Å². The molecule has 0 atom stereocenters. The predicted octanol–water partition coefficient (Wildman–Crippen LogP) is 7.43. The summed E-state index contributed by atoms with van der Waals surface area (Å²) in [6.07, 6.45) is 0. The van der Waals surface area contributed by atoms with Gasteiger partial charge < -0.3 is 4.40 Å². The van der Waals surface area contributed by atoms with Crippen LogP contribution in [0.2, 0.25) is 0 Å². The minimum absolute atomic E-state index is 1.01. The molecule has 0 aliphatic rings. The normalized spacial score (nSPS) is 12.5. The monoisotopic (exact) mass is 373 g/mol. The van der Waals surface area contributed by atoms with E-state index in [1.165, 1.54) is 59.6 Å². The summed E-state index contributed by atoms with van der Waals surface area (Å²) in [4.78, 5) is 1.01. The number of benzene rings is 5. The third-order valence-corrected chi connectivity index (χ3v) is 6.37. The molecule has 0 aliphatic heterocycles. The number of hydrogen-bond acceptors (Lipinski definition) is 1. The highest BCUT2D eigenvalue weighted by Gasteiger charge is 2.18. The Hall–Kier alpha value is -3.23. The Morgan fingerprint density at radius 3 is 1.39 bits per heavy atom. The lowest BCUT2D eigenvalue weighted by molar-refractivity contribution is 1.37. The molecule has 7 rings (SSSR count). The molecule has 0 bridgehead atoms. The van der Waals surface area contributed by atoms with Crippen molar-refractivity contribution in [2.24, 2.45) is 0 Å². The van der Waals surface area contributed by atoms with Crippen LogP contribution < -0.4 is 0 Å². The molecule has 2 aromatic heterocycles. The summed E-state index contributed by atoms with van der Waals surface area (Å²) in [6, 6.07) is 30.9. The van der Waals surface area contributed by atoms with E-state index in [0.29, 0.717) is 0 Å². The second-order valence-electron chi connectivity index (χ2n) is 7.66. The molecule has 0 aliphatic carbocycles. The number of fused-ring (bicyclic) bond motifs is 8. The van der Waals surface area contributed by atoms with E-state index in [-0.39, 0.29) is 0 Å². The largest absolute Gasteiger partial charge is 0.308 e. The van der Waals surface area contributed by atoms with Crippen molar-refractivity contribution in [2.45, 2.75) is 4.90 Å². The summed E-state index contributed by atoms with van der Waals surface area (Å²) in [7, 11) is 0. The summed E-state index contributed by atoms with van der Waals surface area (Å²) >= 11 is 4.74. The molecule has 0 saturated carbocycles. The average molecular weight is 373 g/mol. The summed E-state index contributed by atoms with van der Waals surface area (Å²) in [5.41, 5.74) is 3.83. The highest BCUT2D eigenvalue weighted by Crippen LogP contribution is 2.42. The molecular weight excluding hydrogens is 358 g/mol. The molecule has 0 amide bonds. The zero-order valence-electron chi connectivity index (χ0n) is 15.0. The van der Waals surface area contributed by atoms with Crippen LogP contribution in [0.5, 0.6) is 0 Å². The van der Waals surface area contributed by atoms with Crippen molar-refractivity contribution in [2.75, 3.05) is 0 Å². The van der Waals surface area contributed by atoms with Crippen LogP contribution in [-0.2, 0) is 0 Å². The third kappa shape index (κ3) is 1.74. The standard InChI is InChI=1S/C26H15NS/c28-19-13-22-20-9-15-5-1-3-7-17(15)11-24(20)27-25-12-18-8-4-2-6-16(18)10-21(25)23(14-19)26(22)27/h1-14,28H. The Kier molecular flexibility index (Phi) is 2.63. The number of hydrogen-bond donors (Lipinski definition) is 1. The first-order chi connectivity index (χ1) is 13.8. The fourth-order valence-corrected chi connectivity index (χ4v) is 5.16. The van der Waals surface area contributed by atoms with E-state index in [0.717, 1.165) is 4.90 Å². The molecule has 28 heavy (non-hydrogen) atoms. The van der Waals surface area contributed by atoms with Crippen LogP contribution in [0.25, 0.3) is 59.6 Å². The molecular formula is C26H15NS. The number of nitrogens with zero attached hydrogens (tertiary/aromatic N) is 1. The van der Waals surface area contributed by atoms with Crippen LogP contribution >= 0.6 is 12.6 Å². The van der Waals surface area contributed by atoms with Gasteiger partial charge in [0.15, 0.2) is 0 Å². The van der Waals surface area contributed by atoms with Gasteiger partial charge in [-0.25, -0.2) is 0 Å². The molecule has 0 saturated heterocycles. The number of rotatable bonds is 0. The molecule has 5 aromatic carbocycles. The minimum Gasteiger partial charge on any atom is -0.308 e. The highest BCUT2D eigenvalue weighted by molar-refractivity contribution is 7.80. The third-order valence-electron chi connectivity index (χ3n) is 6.11. The first-order valence-electron chi connectivity index (χ1n) is 9.51. The molecule has 0 N–H and O–H groups in total. The lowest BCUT2D eigenvalue weighted by Crippen LogP contribution is -1.82. The molecule has 0 spiro atoms. The van der Waals surface area contributed by atoms with E-state index in [9.17, 15) is 0 Å². The van der Waals surface area contributed by atoms with Crippen LogP contribution in [0.15, 0.2) is 89.8 Å². The van der Waals surface area contributed by atoms with Gasteiger partial charge in [0, 0.05) is 26.4 Å². The van der Waals surface area contributed by atoms with Gasteiger partial charge in [-0.3, -0.25) is 0 Å². The van der Waals surface area contributed by atoms with Gasteiger partial charge in [-0.15, -0.1) is 12.6 Å². The van der Waals surface area contributed by atoms with Crippen molar-refractivity contribution in [1.82, 2.24) is 4.40 Å². The quantitative estimate of drug-likeness (QED) is 0.264. The van der Waals surface area contributed by atoms with E-state index in [4.69, 9.17) is 12.6 Å². The smallest absolute Gasteiger partial charge is 0.0621 e.